The fraction of sp³-hybridized carbons (Fsp3) is 0.667. The molecule has 1 aliphatic rings. The summed E-state index contributed by atoms with van der Waals surface area (Å²) in [6.07, 6.45) is 6.86. The van der Waals surface area contributed by atoms with Gasteiger partial charge in [0.1, 0.15) is 5.82 Å². The van der Waals surface area contributed by atoms with E-state index in [0.29, 0.717) is 5.88 Å². The summed E-state index contributed by atoms with van der Waals surface area (Å²) in [5.74, 6) is 3.43. The fourth-order valence-corrected chi connectivity index (χ4v) is 2.65. The number of hydrogen-bond donors (Lipinski definition) is 1. The number of methoxy groups -OCH3 is 1. The summed E-state index contributed by atoms with van der Waals surface area (Å²) in [6.45, 7) is 3.38. The average molecular weight is 248 g/mol. The molecule has 0 amide bonds. The van der Waals surface area contributed by atoms with Gasteiger partial charge in [-0.2, -0.15) is 4.98 Å². The minimum atomic E-state index is 0.673. The van der Waals surface area contributed by atoms with Crippen LogP contribution in [0.5, 0.6) is 5.88 Å². The van der Waals surface area contributed by atoms with E-state index in [1.807, 2.05) is 18.2 Å². The fourth-order valence-electron chi connectivity index (χ4n) is 2.65. The van der Waals surface area contributed by atoms with E-state index in [1.54, 1.807) is 7.11 Å². The van der Waals surface area contributed by atoms with Gasteiger partial charge in [-0.15, -0.1) is 0 Å². The number of aromatic nitrogens is 1. The highest BCUT2D eigenvalue weighted by Gasteiger charge is 2.17. The van der Waals surface area contributed by atoms with Gasteiger partial charge >= 0.3 is 0 Å². The van der Waals surface area contributed by atoms with Gasteiger partial charge in [0.25, 0.3) is 0 Å². The first-order valence-corrected chi connectivity index (χ1v) is 7.03. The molecular formula is C15H24N2O. The molecule has 1 aromatic rings. The van der Waals surface area contributed by atoms with Crippen molar-refractivity contribution >= 4 is 5.82 Å². The van der Waals surface area contributed by atoms with E-state index in [0.717, 1.165) is 24.2 Å². The summed E-state index contributed by atoms with van der Waals surface area (Å²) in [7, 11) is 1.65. The Labute approximate surface area is 110 Å². The van der Waals surface area contributed by atoms with Crippen molar-refractivity contribution in [2.24, 2.45) is 11.8 Å². The van der Waals surface area contributed by atoms with Gasteiger partial charge in [0, 0.05) is 12.6 Å². The second-order valence-corrected chi connectivity index (χ2v) is 5.41. The first kappa shape index (κ1) is 13.2. The zero-order chi connectivity index (χ0) is 12.8. The van der Waals surface area contributed by atoms with Crippen LogP contribution >= 0.6 is 0 Å². The number of nitrogens with zero attached hydrogens (tertiary/aromatic N) is 1. The Morgan fingerprint density at radius 2 is 2.06 bits per heavy atom. The van der Waals surface area contributed by atoms with Crippen LogP contribution in [0, 0.1) is 11.8 Å². The lowest BCUT2D eigenvalue weighted by Gasteiger charge is -2.26. The molecule has 0 saturated heterocycles. The van der Waals surface area contributed by atoms with Crippen LogP contribution in [0.3, 0.4) is 0 Å². The lowest BCUT2D eigenvalue weighted by molar-refractivity contribution is 0.282. The molecule has 0 radical (unpaired) electrons. The normalized spacial score (nSPS) is 23.7. The topological polar surface area (TPSA) is 34.1 Å². The molecule has 0 spiro atoms. The Morgan fingerprint density at radius 1 is 1.28 bits per heavy atom. The van der Waals surface area contributed by atoms with Gasteiger partial charge in [-0.05, 0) is 24.3 Å². The maximum atomic E-state index is 5.11. The van der Waals surface area contributed by atoms with E-state index in [2.05, 4.69) is 17.2 Å². The SMILES string of the molecule is COc1cccc(NCCC2CCC(C)CC2)n1. The van der Waals surface area contributed by atoms with Crippen molar-refractivity contribution in [3.05, 3.63) is 18.2 Å². The summed E-state index contributed by atoms with van der Waals surface area (Å²) < 4.78 is 5.11. The third kappa shape index (κ3) is 3.90. The number of nitrogens with one attached hydrogen (secondary N) is 1. The molecule has 0 aromatic carbocycles. The smallest absolute Gasteiger partial charge is 0.214 e. The highest BCUT2D eigenvalue weighted by atomic mass is 16.5. The third-order valence-corrected chi connectivity index (χ3v) is 3.93. The molecule has 3 nitrogen and oxygen atoms in total. The lowest BCUT2D eigenvalue weighted by Crippen LogP contribution is -2.16. The zero-order valence-electron chi connectivity index (χ0n) is 11.5. The monoisotopic (exact) mass is 248 g/mol. The minimum absolute atomic E-state index is 0.673. The van der Waals surface area contributed by atoms with Gasteiger partial charge in [0.15, 0.2) is 0 Å². The number of anilines is 1. The molecular weight excluding hydrogens is 224 g/mol. The molecule has 0 aliphatic heterocycles. The molecule has 18 heavy (non-hydrogen) atoms. The van der Waals surface area contributed by atoms with Crippen LogP contribution in [0.2, 0.25) is 0 Å². The van der Waals surface area contributed by atoms with Crippen LogP contribution < -0.4 is 10.1 Å². The summed E-state index contributed by atoms with van der Waals surface area (Å²) in [5, 5.41) is 3.39. The Bertz CT molecular complexity index is 359. The maximum Gasteiger partial charge on any atom is 0.214 e. The highest BCUT2D eigenvalue weighted by Crippen LogP contribution is 2.30. The zero-order valence-corrected chi connectivity index (χ0v) is 11.5. The molecule has 1 aliphatic carbocycles. The summed E-state index contributed by atoms with van der Waals surface area (Å²) in [4.78, 5) is 4.35. The van der Waals surface area contributed by atoms with E-state index >= 15 is 0 Å². The molecule has 0 bridgehead atoms. The Kier molecular flexibility index (Phi) is 4.85. The van der Waals surface area contributed by atoms with Crippen molar-refractivity contribution in [1.82, 2.24) is 4.98 Å². The predicted octanol–water partition coefficient (Wildman–Crippen LogP) is 3.72. The predicted molar refractivity (Wildman–Crippen MR) is 75.0 cm³/mol. The van der Waals surface area contributed by atoms with Gasteiger partial charge in [0.05, 0.1) is 7.11 Å². The van der Waals surface area contributed by atoms with Crippen molar-refractivity contribution in [3.8, 4) is 5.88 Å². The minimum Gasteiger partial charge on any atom is -0.481 e. The van der Waals surface area contributed by atoms with Gasteiger partial charge in [-0.25, -0.2) is 0 Å². The molecule has 1 saturated carbocycles. The largest absolute Gasteiger partial charge is 0.481 e. The van der Waals surface area contributed by atoms with Crippen molar-refractivity contribution < 1.29 is 4.74 Å². The second-order valence-electron chi connectivity index (χ2n) is 5.41. The summed E-state index contributed by atoms with van der Waals surface area (Å²) in [5.41, 5.74) is 0. The highest BCUT2D eigenvalue weighted by molar-refractivity contribution is 5.36. The number of ether oxygens (including phenoxy) is 1. The van der Waals surface area contributed by atoms with E-state index in [-0.39, 0.29) is 0 Å². The van der Waals surface area contributed by atoms with Crippen LogP contribution in [-0.4, -0.2) is 18.6 Å². The number of hydrogen-bond acceptors (Lipinski definition) is 3. The van der Waals surface area contributed by atoms with Gasteiger partial charge < -0.3 is 10.1 Å². The van der Waals surface area contributed by atoms with Gasteiger partial charge in [-0.3, -0.25) is 0 Å². The first-order chi connectivity index (χ1) is 8.78. The van der Waals surface area contributed by atoms with E-state index in [9.17, 15) is 0 Å². The molecule has 1 N–H and O–H groups in total. The van der Waals surface area contributed by atoms with E-state index in [4.69, 9.17) is 4.74 Å². The van der Waals surface area contributed by atoms with Gasteiger partial charge in [0.2, 0.25) is 5.88 Å². The van der Waals surface area contributed by atoms with Gasteiger partial charge in [-0.1, -0.05) is 38.7 Å². The second kappa shape index (κ2) is 6.62. The molecule has 1 heterocycles. The molecule has 3 heteroatoms. The number of rotatable bonds is 5. The Balaban J connectivity index is 1.71. The van der Waals surface area contributed by atoms with Crippen LogP contribution in [0.15, 0.2) is 18.2 Å². The standard InChI is InChI=1S/C15H24N2O/c1-12-6-8-13(9-7-12)10-11-16-14-4-3-5-15(17-14)18-2/h3-5,12-13H,6-11H2,1-2H3,(H,16,17). The molecule has 2 rings (SSSR count). The maximum absolute atomic E-state index is 5.11. The van der Waals surface area contributed by atoms with Crippen molar-refractivity contribution in [3.63, 3.8) is 0 Å². The molecule has 1 aromatic heterocycles. The van der Waals surface area contributed by atoms with Crippen LogP contribution in [0.1, 0.15) is 39.0 Å². The molecule has 0 unspecified atom stereocenters. The first-order valence-electron chi connectivity index (χ1n) is 7.03. The van der Waals surface area contributed by atoms with Crippen LogP contribution in [0.25, 0.3) is 0 Å². The van der Waals surface area contributed by atoms with Crippen LogP contribution in [0.4, 0.5) is 5.82 Å². The molecule has 0 atom stereocenters. The number of pyridine rings is 1. The molecule has 100 valence electrons. The molecule has 1 fully saturated rings. The van der Waals surface area contributed by atoms with E-state index < -0.39 is 0 Å². The third-order valence-electron chi connectivity index (χ3n) is 3.93. The quantitative estimate of drug-likeness (QED) is 0.862. The summed E-state index contributed by atoms with van der Waals surface area (Å²) in [6, 6.07) is 5.83. The lowest BCUT2D eigenvalue weighted by atomic mass is 9.81. The Morgan fingerprint density at radius 3 is 2.78 bits per heavy atom. The summed E-state index contributed by atoms with van der Waals surface area (Å²) >= 11 is 0. The Hall–Kier alpha value is -1.25. The van der Waals surface area contributed by atoms with E-state index in [1.165, 1.54) is 32.1 Å². The van der Waals surface area contributed by atoms with Crippen molar-refractivity contribution in [2.75, 3.05) is 19.0 Å². The van der Waals surface area contributed by atoms with Crippen LogP contribution in [-0.2, 0) is 0 Å². The average Bonchev–Trinajstić information content (AvgIpc) is 2.41. The van der Waals surface area contributed by atoms with Crippen molar-refractivity contribution in [2.45, 2.75) is 39.0 Å². The van der Waals surface area contributed by atoms with Crippen molar-refractivity contribution in [1.29, 1.82) is 0 Å².